The summed E-state index contributed by atoms with van der Waals surface area (Å²) < 4.78 is 32.6. The molecule has 0 heterocycles. The Morgan fingerprint density at radius 1 is 1.17 bits per heavy atom. The largest absolute Gasteiger partial charge is 0.496 e. The van der Waals surface area contributed by atoms with Gasteiger partial charge in [-0.2, -0.15) is 0 Å². The molecule has 0 aliphatic heterocycles. The van der Waals surface area contributed by atoms with Crippen LogP contribution in [0.1, 0.15) is 24.0 Å². The molecular weight excluding hydrogens is 515 g/mol. The van der Waals surface area contributed by atoms with Crippen LogP contribution in [-0.2, 0) is 23.1 Å². The molecular formula is C21H29IN4O3S. The maximum Gasteiger partial charge on any atom is 0.240 e. The van der Waals surface area contributed by atoms with Crippen LogP contribution in [0.4, 0.5) is 0 Å². The van der Waals surface area contributed by atoms with Crippen LogP contribution in [-0.4, -0.2) is 46.5 Å². The highest BCUT2D eigenvalue weighted by molar-refractivity contribution is 14.0. The van der Waals surface area contributed by atoms with Crippen molar-refractivity contribution in [2.24, 2.45) is 4.99 Å². The van der Waals surface area contributed by atoms with E-state index in [0.29, 0.717) is 18.0 Å². The number of methoxy groups -OCH3 is 1. The van der Waals surface area contributed by atoms with Gasteiger partial charge < -0.3 is 15.0 Å². The SMILES string of the molecule is CN=C(NCc1ccc(S(=O)(=O)NC2CC2)cc1)N(C)Cc1ccccc1OC.I. The standard InChI is InChI=1S/C21H28N4O3S.HI/c1-22-21(25(2)15-17-6-4-5-7-20(17)28-3)23-14-16-8-12-19(13-9-16)29(26,27)24-18-10-11-18;/h4-9,12-13,18,24H,10-11,14-15H2,1-3H3,(H,22,23);1H. The third-order valence-corrected chi connectivity index (χ3v) is 6.29. The fourth-order valence-electron chi connectivity index (χ4n) is 3.00. The summed E-state index contributed by atoms with van der Waals surface area (Å²) >= 11 is 0. The molecule has 0 spiro atoms. The van der Waals surface area contributed by atoms with Crippen LogP contribution in [0.3, 0.4) is 0 Å². The van der Waals surface area contributed by atoms with Gasteiger partial charge in [-0.25, -0.2) is 13.1 Å². The van der Waals surface area contributed by atoms with E-state index in [2.05, 4.69) is 15.0 Å². The fourth-order valence-corrected chi connectivity index (χ4v) is 4.31. The summed E-state index contributed by atoms with van der Waals surface area (Å²) in [6.07, 6.45) is 1.84. The summed E-state index contributed by atoms with van der Waals surface area (Å²) in [7, 11) is 1.94. The number of benzene rings is 2. The summed E-state index contributed by atoms with van der Waals surface area (Å²) in [6.45, 7) is 1.19. The van der Waals surface area contributed by atoms with Crippen molar-refractivity contribution in [2.45, 2.75) is 36.9 Å². The lowest BCUT2D eigenvalue weighted by molar-refractivity contribution is 0.396. The van der Waals surface area contributed by atoms with Crippen molar-refractivity contribution < 1.29 is 13.2 Å². The monoisotopic (exact) mass is 544 g/mol. The van der Waals surface area contributed by atoms with E-state index >= 15 is 0 Å². The van der Waals surface area contributed by atoms with E-state index < -0.39 is 10.0 Å². The Balaban J connectivity index is 0.00000320. The molecule has 0 amide bonds. The van der Waals surface area contributed by atoms with Gasteiger partial charge in [0, 0.05) is 38.8 Å². The Morgan fingerprint density at radius 3 is 2.43 bits per heavy atom. The molecule has 3 rings (SSSR count). The molecule has 0 bridgehead atoms. The number of guanidine groups is 1. The molecule has 0 radical (unpaired) electrons. The summed E-state index contributed by atoms with van der Waals surface area (Å²) in [4.78, 5) is 6.64. The van der Waals surface area contributed by atoms with E-state index in [9.17, 15) is 8.42 Å². The Hall–Kier alpha value is -1.85. The van der Waals surface area contributed by atoms with Gasteiger partial charge >= 0.3 is 0 Å². The molecule has 0 unspecified atom stereocenters. The second kappa shape index (κ2) is 11.0. The molecule has 1 aliphatic carbocycles. The molecule has 30 heavy (non-hydrogen) atoms. The van der Waals surface area contributed by atoms with Crippen LogP contribution in [0.2, 0.25) is 0 Å². The normalized spacial score (nSPS) is 14.0. The van der Waals surface area contributed by atoms with Crippen molar-refractivity contribution >= 4 is 40.0 Å². The van der Waals surface area contributed by atoms with Crippen molar-refractivity contribution in [3.8, 4) is 5.75 Å². The molecule has 9 heteroatoms. The van der Waals surface area contributed by atoms with Gasteiger partial charge in [0.25, 0.3) is 0 Å². The molecule has 7 nitrogen and oxygen atoms in total. The quantitative estimate of drug-likeness (QED) is 0.304. The predicted octanol–water partition coefficient (Wildman–Crippen LogP) is 2.96. The second-order valence-electron chi connectivity index (χ2n) is 7.11. The van der Waals surface area contributed by atoms with E-state index in [-0.39, 0.29) is 30.0 Å². The van der Waals surface area contributed by atoms with E-state index in [4.69, 9.17) is 4.74 Å². The molecule has 164 valence electrons. The van der Waals surface area contributed by atoms with Crippen LogP contribution >= 0.6 is 24.0 Å². The Kier molecular flexibility index (Phi) is 8.92. The van der Waals surface area contributed by atoms with Gasteiger partial charge in [0.1, 0.15) is 5.75 Å². The molecule has 2 aromatic carbocycles. The molecule has 1 saturated carbocycles. The first-order valence-electron chi connectivity index (χ1n) is 9.58. The lowest BCUT2D eigenvalue weighted by atomic mass is 10.2. The summed E-state index contributed by atoms with van der Waals surface area (Å²) in [5.41, 5.74) is 2.04. The Bertz CT molecular complexity index is 960. The minimum absolute atomic E-state index is 0. The topological polar surface area (TPSA) is 83.0 Å². The second-order valence-corrected chi connectivity index (χ2v) is 8.82. The number of para-hydroxylation sites is 1. The van der Waals surface area contributed by atoms with Crippen molar-refractivity contribution in [2.75, 3.05) is 21.2 Å². The van der Waals surface area contributed by atoms with Crippen LogP contribution in [0.25, 0.3) is 0 Å². The highest BCUT2D eigenvalue weighted by Crippen LogP contribution is 2.22. The van der Waals surface area contributed by atoms with Gasteiger partial charge in [0.05, 0.1) is 12.0 Å². The third kappa shape index (κ3) is 6.58. The number of sulfonamides is 1. The maximum absolute atomic E-state index is 12.3. The Morgan fingerprint density at radius 2 is 1.83 bits per heavy atom. The average molecular weight is 544 g/mol. The fraction of sp³-hybridized carbons (Fsp3) is 0.381. The van der Waals surface area contributed by atoms with Crippen molar-refractivity contribution in [3.63, 3.8) is 0 Å². The number of nitrogens with one attached hydrogen (secondary N) is 2. The minimum atomic E-state index is -3.42. The van der Waals surface area contributed by atoms with E-state index in [1.54, 1.807) is 26.3 Å². The summed E-state index contributed by atoms with van der Waals surface area (Å²) in [5, 5.41) is 3.31. The van der Waals surface area contributed by atoms with E-state index in [1.807, 2.05) is 48.3 Å². The number of hydrogen-bond donors (Lipinski definition) is 2. The van der Waals surface area contributed by atoms with Crippen LogP contribution in [0.5, 0.6) is 5.75 Å². The van der Waals surface area contributed by atoms with Crippen LogP contribution in [0, 0.1) is 0 Å². The zero-order chi connectivity index (χ0) is 20.9. The minimum Gasteiger partial charge on any atom is -0.496 e. The Labute approximate surface area is 196 Å². The lowest BCUT2D eigenvalue weighted by Gasteiger charge is -2.23. The number of ether oxygens (including phenoxy) is 1. The van der Waals surface area contributed by atoms with Crippen molar-refractivity contribution in [3.05, 3.63) is 59.7 Å². The first-order chi connectivity index (χ1) is 13.9. The van der Waals surface area contributed by atoms with Crippen molar-refractivity contribution in [1.82, 2.24) is 14.9 Å². The smallest absolute Gasteiger partial charge is 0.240 e. The average Bonchev–Trinajstić information content (AvgIpc) is 3.52. The molecule has 1 fully saturated rings. The number of nitrogens with zero attached hydrogens (tertiary/aromatic N) is 2. The van der Waals surface area contributed by atoms with Gasteiger partial charge in [-0.1, -0.05) is 30.3 Å². The van der Waals surface area contributed by atoms with Gasteiger partial charge in [-0.15, -0.1) is 24.0 Å². The van der Waals surface area contributed by atoms with Gasteiger partial charge in [-0.3, -0.25) is 4.99 Å². The number of halogens is 1. The first-order valence-corrected chi connectivity index (χ1v) is 11.1. The lowest BCUT2D eigenvalue weighted by Crippen LogP contribution is -2.38. The first kappa shape index (κ1) is 24.4. The molecule has 0 aromatic heterocycles. The van der Waals surface area contributed by atoms with Crippen LogP contribution in [0.15, 0.2) is 58.4 Å². The molecule has 0 atom stereocenters. The molecule has 2 aromatic rings. The summed E-state index contributed by atoms with van der Waals surface area (Å²) in [5.74, 6) is 1.58. The zero-order valence-electron chi connectivity index (χ0n) is 17.5. The third-order valence-electron chi connectivity index (χ3n) is 4.76. The number of rotatable bonds is 8. The van der Waals surface area contributed by atoms with Gasteiger partial charge in [0.15, 0.2) is 5.96 Å². The highest BCUT2D eigenvalue weighted by Gasteiger charge is 2.27. The molecule has 2 N–H and O–H groups in total. The number of hydrogen-bond acceptors (Lipinski definition) is 4. The van der Waals surface area contributed by atoms with Crippen molar-refractivity contribution in [1.29, 1.82) is 0 Å². The van der Waals surface area contributed by atoms with Crippen LogP contribution < -0.4 is 14.8 Å². The van der Waals surface area contributed by atoms with Gasteiger partial charge in [0.2, 0.25) is 10.0 Å². The van der Waals surface area contributed by atoms with E-state index in [1.165, 1.54) is 0 Å². The highest BCUT2D eigenvalue weighted by atomic mass is 127. The zero-order valence-corrected chi connectivity index (χ0v) is 20.6. The maximum atomic E-state index is 12.3. The summed E-state index contributed by atoms with van der Waals surface area (Å²) in [6, 6.07) is 14.9. The molecule has 0 saturated heterocycles. The molecule has 1 aliphatic rings. The predicted molar refractivity (Wildman–Crippen MR) is 130 cm³/mol. The number of aliphatic imine (C=N–C) groups is 1. The van der Waals surface area contributed by atoms with Gasteiger partial charge in [-0.05, 0) is 36.6 Å². The van der Waals surface area contributed by atoms with E-state index in [0.717, 1.165) is 35.7 Å².